The van der Waals surface area contributed by atoms with E-state index in [1.807, 2.05) is 24.3 Å². The fourth-order valence-corrected chi connectivity index (χ4v) is 6.23. The van der Waals surface area contributed by atoms with E-state index in [-0.39, 0.29) is 10.9 Å². The molecule has 0 aliphatic carbocycles. The highest BCUT2D eigenvalue weighted by Crippen LogP contribution is 2.55. The Morgan fingerprint density at radius 3 is 1.53 bits per heavy atom. The Morgan fingerprint density at radius 2 is 1.09 bits per heavy atom. The smallest absolute Gasteiger partial charge is 0.141 e. The topological polar surface area (TPSA) is 73.8 Å². The summed E-state index contributed by atoms with van der Waals surface area (Å²) < 4.78 is 47.2. The van der Waals surface area contributed by atoms with E-state index in [9.17, 15) is 0 Å². The van der Waals surface area contributed by atoms with Crippen LogP contribution in [0, 0.1) is 0 Å². The molecule has 5 rings (SSSR count). The van der Waals surface area contributed by atoms with Crippen molar-refractivity contribution < 1.29 is 37.9 Å². The first-order chi connectivity index (χ1) is 16.8. The zero-order valence-corrected chi connectivity index (χ0v) is 20.8. The van der Waals surface area contributed by atoms with Gasteiger partial charge in [0.15, 0.2) is 0 Å². The number of thioether (sulfide) groups is 2. The van der Waals surface area contributed by atoms with Gasteiger partial charge < -0.3 is 37.9 Å². The summed E-state index contributed by atoms with van der Waals surface area (Å²) in [6.45, 7) is 3.84. The second-order valence-electron chi connectivity index (χ2n) is 7.62. The summed E-state index contributed by atoms with van der Waals surface area (Å²) in [4.78, 5) is 1.89. The van der Waals surface area contributed by atoms with Crippen molar-refractivity contribution in [2.24, 2.45) is 0 Å². The lowest BCUT2D eigenvalue weighted by atomic mass is 10.0. The molecule has 0 fully saturated rings. The van der Waals surface area contributed by atoms with E-state index in [1.165, 1.54) is 0 Å². The fraction of sp³-hybridized carbons (Fsp3) is 0.500. The van der Waals surface area contributed by atoms with Gasteiger partial charge in [0.25, 0.3) is 0 Å². The number of rotatable bonds is 2. The predicted molar refractivity (Wildman–Crippen MR) is 129 cm³/mol. The van der Waals surface area contributed by atoms with Crippen LogP contribution in [0.2, 0.25) is 0 Å². The molecule has 2 aromatic carbocycles. The van der Waals surface area contributed by atoms with Crippen LogP contribution in [0.3, 0.4) is 0 Å². The molecular formula is C24H28O8S2. The second kappa shape index (κ2) is 11.3. The first-order valence-corrected chi connectivity index (χ1v) is 12.9. The molecule has 3 aliphatic rings. The standard InChI is InChI=1S/C24H28O8S2/c1-25-15-3-5-17-23-21(15)22-16(26-2)4-6-18-24(22)34-20(14-32-18)30-12-10-28-8-7-27-9-11-29-19(33-23)13-31-17/h3-6,19-20H,7-14H2,1-2H3. The van der Waals surface area contributed by atoms with Gasteiger partial charge in [-0.3, -0.25) is 0 Å². The Kier molecular flexibility index (Phi) is 7.93. The Labute approximate surface area is 207 Å². The van der Waals surface area contributed by atoms with Gasteiger partial charge >= 0.3 is 0 Å². The van der Waals surface area contributed by atoms with Crippen molar-refractivity contribution in [2.45, 2.75) is 20.7 Å². The highest BCUT2D eigenvalue weighted by atomic mass is 32.2. The van der Waals surface area contributed by atoms with Gasteiger partial charge in [-0.15, -0.1) is 0 Å². The van der Waals surface area contributed by atoms with Crippen LogP contribution in [0.5, 0.6) is 23.0 Å². The lowest BCUT2D eigenvalue weighted by Gasteiger charge is -2.31. The molecule has 0 aromatic heterocycles. The van der Waals surface area contributed by atoms with Crippen LogP contribution >= 0.6 is 23.5 Å². The Balaban J connectivity index is 1.60. The van der Waals surface area contributed by atoms with Crippen molar-refractivity contribution >= 4 is 23.5 Å². The molecule has 4 bridgehead atoms. The van der Waals surface area contributed by atoms with E-state index in [4.69, 9.17) is 37.9 Å². The van der Waals surface area contributed by atoms with Crippen molar-refractivity contribution in [3.63, 3.8) is 0 Å². The maximum absolute atomic E-state index is 6.10. The van der Waals surface area contributed by atoms with Crippen LogP contribution in [0.25, 0.3) is 11.1 Å². The van der Waals surface area contributed by atoms with Crippen molar-refractivity contribution in [3.05, 3.63) is 24.3 Å². The third kappa shape index (κ3) is 5.07. The van der Waals surface area contributed by atoms with E-state index in [0.717, 1.165) is 43.9 Å². The van der Waals surface area contributed by atoms with Gasteiger partial charge in [0.1, 0.15) is 47.1 Å². The van der Waals surface area contributed by atoms with Gasteiger partial charge in [0.2, 0.25) is 0 Å². The number of fused-ring (bicyclic) bond motifs is 3. The summed E-state index contributed by atoms with van der Waals surface area (Å²) in [5, 5.41) is 0. The lowest BCUT2D eigenvalue weighted by molar-refractivity contribution is -0.0164. The minimum Gasteiger partial charge on any atom is -0.496 e. The average Bonchev–Trinajstić information content (AvgIpc) is 2.87. The molecule has 2 unspecified atom stereocenters. The molecule has 8 nitrogen and oxygen atoms in total. The highest BCUT2D eigenvalue weighted by Gasteiger charge is 2.33. The normalized spacial score (nSPS) is 23.0. The summed E-state index contributed by atoms with van der Waals surface area (Å²) in [7, 11) is 3.33. The number of hydrogen-bond donors (Lipinski definition) is 0. The molecule has 34 heavy (non-hydrogen) atoms. The maximum Gasteiger partial charge on any atom is 0.141 e. The van der Waals surface area contributed by atoms with Crippen molar-refractivity contribution in [3.8, 4) is 34.1 Å². The molecule has 2 aromatic rings. The first-order valence-electron chi connectivity index (χ1n) is 11.2. The van der Waals surface area contributed by atoms with Crippen LogP contribution in [0.15, 0.2) is 34.1 Å². The maximum atomic E-state index is 6.10. The van der Waals surface area contributed by atoms with Gasteiger partial charge in [-0.1, -0.05) is 23.5 Å². The van der Waals surface area contributed by atoms with Crippen LogP contribution in [0.4, 0.5) is 0 Å². The van der Waals surface area contributed by atoms with Crippen molar-refractivity contribution in [1.82, 2.24) is 0 Å². The molecule has 3 aliphatic heterocycles. The number of methoxy groups -OCH3 is 2. The summed E-state index contributed by atoms with van der Waals surface area (Å²) in [5.74, 6) is 3.02. The third-order valence-electron chi connectivity index (χ3n) is 5.54. The monoisotopic (exact) mass is 508 g/mol. The van der Waals surface area contributed by atoms with Crippen LogP contribution in [0.1, 0.15) is 0 Å². The molecule has 0 amide bonds. The average molecular weight is 509 g/mol. The minimum atomic E-state index is -0.178. The van der Waals surface area contributed by atoms with E-state index >= 15 is 0 Å². The molecule has 2 atom stereocenters. The molecule has 0 saturated heterocycles. The molecule has 0 spiro atoms. The molecule has 0 radical (unpaired) electrons. The Hall–Kier alpha value is -1.82. The van der Waals surface area contributed by atoms with Gasteiger partial charge in [-0.25, -0.2) is 0 Å². The second-order valence-corrected chi connectivity index (χ2v) is 9.96. The highest BCUT2D eigenvalue weighted by molar-refractivity contribution is 8.00. The van der Waals surface area contributed by atoms with Gasteiger partial charge in [0, 0.05) is 11.1 Å². The molecule has 3 heterocycles. The van der Waals surface area contributed by atoms with Crippen molar-refractivity contribution in [2.75, 3.05) is 67.1 Å². The van der Waals surface area contributed by atoms with Crippen LogP contribution in [-0.4, -0.2) is 77.9 Å². The van der Waals surface area contributed by atoms with Gasteiger partial charge in [0.05, 0.1) is 63.7 Å². The zero-order valence-electron chi connectivity index (χ0n) is 19.2. The summed E-state index contributed by atoms with van der Waals surface area (Å²) in [6, 6.07) is 7.73. The van der Waals surface area contributed by atoms with E-state index < -0.39 is 0 Å². The number of ether oxygens (including phenoxy) is 8. The minimum absolute atomic E-state index is 0.178. The summed E-state index contributed by atoms with van der Waals surface area (Å²) in [6.07, 6.45) is 0. The van der Waals surface area contributed by atoms with Crippen LogP contribution < -0.4 is 18.9 Å². The first kappa shape index (κ1) is 23.9. The molecule has 0 N–H and O–H groups in total. The lowest BCUT2D eigenvalue weighted by Crippen LogP contribution is -2.25. The summed E-state index contributed by atoms with van der Waals surface area (Å²) in [5.41, 5.74) is 1.43. The molecule has 10 heteroatoms. The van der Waals surface area contributed by atoms with Crippen molar-refractivity contribution in [1.29, 1.82) is 0 Å². The Morgan fingerprint density at radius 1 is 0.647 bits per heavy atom. The Bertz CT molecular complexity index is 922. The van der Waals surface area contributed by atoms with Crippen LogP contribution in [-0.2, 0) is 18.9 Å². The molecule has 184 valence electrons. The molecule has 0 saturated carbocycles. The summed E-state index contributed by atoms with van der Waals surface area (Å²) >= 11 is 3.24. The zero-order chi connectivity index (χ0) is 23.3. The number of benzene rings is 2. The molecular weight excluding hydrogens is 480 g/mol. The van der Waals surface area contributed by atoms with E-state index in [0.29, 0.717) is 52.9 Å². The number of hydrogen-bond acceptors (Lipinski definition) is 10. The fourth-order valence-electron chi connectivity index (χ4n) is 3.98. The largest absolute Gasteiger partial charge is 0.496 e. The quantitative estimate of drug-likeness (QED) is 0.593. The SMILES string of the molecule is COc1ccc2c3c1-c1c(OC)ccc4c1SC(CO4)OCCOCCOCCOC(CO2)S3. The van der Waals surface area contributed by atoms with E-state index in [2.05, 4.69) is 0 Å². The van der Waals surface area contributed by atoms with Gasteiger partial charge in [-0.05, 0) is 24.3 Å². The van der Waals surface area contributed by atoms with Gasteiger partial charge in [-0.2, -0.15) is 0 Å². The third-order valence-corrected chi connectivity index (χ3v) is 7.89. The van der Waals surface area contributed by atoms with E-state index in [1.54, 1.807) is 37.7 Å². The predicted octanol–water partition coefficient (Wildman–Crippen LogP) is 4.07.